The van der Waals surface area contributed by atoms with Crippen molar-refractivity contribution in [3.63, 3.8) is 0 Å². The fourth-order valence-corrected chi connectivity index (χ4v) is 1.24. The standard InChI is InChI=1S/C7H11N3O/c1-10-7(11)6(4-9-10)5-2-8-3-5/h4-5,8,11H,2-3H2,1H3. The van der Waals surface area contributed by atoms with Crippen LogP contribution in [0.5, 0.6) is 5.88 Å². The van der Waals surface area contributed by atoms with Crippen LogP contribution in [0.25, 0.3) is 0 Å². The molecule has 0 amide bonds. The van der Waals surface area contributed by atoms with Crippen LogP contribution in [-0.4, -0.2) is 28.0 Å². The van der Waals surface area contributed by atoms with Gasteiger partial charge in [-0.05, 0) is 0 Å². The van der Waals surface area contributed by atoms with Crippen LogP contribution in [0, 0.1) is 0 Å². The lowest BCUT2D eigenvalue weighted by Crippen LogP contribution is -2.39. The molecule has 4 nitrogen and oxygen atoms in total. The van der Waals surface area contributed by atoms with Gasteiger partial charge in [0.2, 0.25) is 5.88 Å². The molecule has 1 aliphatic heterocycles. The largest absolute Gasteiger partial charge is 0.493 e. The second-order valence-corrected chi connectivity index (χ2v) is 2.90. The minimum absolute atomic E-state index is 0.302. The molecular formula is C7H11N3O. The molecule has 0 radical (unpaired) electrons. The normalized spacial score (nSPS) is 18.3. The lowest BCUT2D eigenvalue weighted by atomic mass is 9.96. The molecule has 1 fully saturated rings. The number of aromatic hydroxyl groups is 1. The first-order valence-electron chi connectivity index (χ1n) is 3.70. The Morgan fingerprint density at radius 2 is 2.45 bits per heavy atom. The summed E-state index contributed by atoms with van der Waals surface area (Å²) in [6, 6.07) is 0. The molecule has 4 heteroatoms. The summed E-state index contributed by atoms with van der Waals surface area (Å²) < 4.78 is 1.49. The average molecular weight is 153 g/mol. The van der Waals surface area contributed by atoms with E-state index in [0.717, 1.165) is 18.7 Å². The van der Waals surface area contributed by atoms with Crippen molar-refractivity contribution in [3.05, 3.63) is 11.8 Å². The maximum atomic E-state index is 9.45. The van der Waals surface area contributed by atoms with Crippen LogP contribution in [0.1, 0.15) is 11.5 Å². The molecule has 2 rings (SSSR count). The lowest BCUT2D eigenvalue weighted by molar-refractivity contribution is 0.388. The summed E-state index contributed by atoms with van der Waals surface area (Å²) in [4.78, 5) is 0. The van der Waals surface area contributed by atoms with Crippen LogP contribution in [0.2, 0.25) is 0 Å². The van der Waals surface area contributed by atoms with Crippen molar-refractivity contribution in [1.82, 2.24) is 15.1 Å². The molecule has 0 unspecified atom stereocenters. The van der Waals surface area contributed by atoms with E-state index in [-0.39, 0.29) is 0 Å². The SMILES string of the molecule is Cn1ncc(C2CNC2)c1O. The smallest absolute Gasteiger partial charge is 0.212 e. The van der Waals surface area contributed by atoms with Crippen LogP contribution >= 0.6 is 0 Å². The van der Waals surface area contributed by atoms with E-state index < -0.39 is 0 Å². The van der Waals surface area contributed by atoms with E-state index >= 15 is 0 Å². The summed E-state index contributed by atoms with van der Waals surface area (Å²) in [7, 11) is 1.74. The van der Waals surface area contributed by atoms with Gasteiger partial charge in [-0.2, -0.15) is 5.10 Å². The van der Waals surface area contributed by atoms with Gasteiger partial charge < -0.3 is 10.4 Å². The molecule has 11 heavy (non-hydrogen) atoms. The molecule has 1 saturated heterocycles. The Kier molecular flexibility index (Phi) is 1.35. The van der Waals surface area contributed by atoms with Crippen molar-refractivity contribution in [2.24, 2.45) is 7.05 Å². The van der Waals surface area contributed by atoms with Crippen LogP contribution < -0.4 is 5.32 Å². The maximum Gasteiger partial charge on any atom is 0.212 e. The summed E-state index contributed by atoms with van der Waals surface area (Å²) in [5.41, 5.74) is 0.964. The number of nitrogens with zero attached hydrogens (tertiary/aromatic N) is 2. The van der Waals surface area contributed by atoms with Gasteiger partial charge in [0, 0.05) is 31.6 Å². The van der Waals surface area contributed by atoms with Crippen LogP contribution in [-0.2, 0) is 7.05 Å². The molecule has 0 spiro atoms. The summed E-state index contributed by atoms with van der Waals surface area (Å²) in [5.74, 6) is 0.764. The zero-order valence-electron chi connectivity index (χ0n) is 6.41. The minimum Gasteiger partial charge on any atom is -0.493 e. The molecule has 0 atom stereocenters. The lowest BCUT2D eigenvalue weighted by Gasteiger charge is -2.25. The van der Waals surface area contributed by atoms with E-state index in [1.807, 2.05) is 0 Å². The topological polar surface area (TPSA) is 50.1 Å². The van der Waals surface area contributed by atoms with Crippen molar-refractivity contribution in [2.45, 2.75) is 5.92 Å². The van der Waals surface area contributed by atoms with Gasteiger partial charge in [-0.3, -0.25) is 0 Å². The number of rotatable bonds is 1. The Labute approximate surface area is 64.8 Å². The number of aryl methyl sites for hydroxylation is 1. The maximum absolute atomic E-state index is 9.45. The van der Waals surface area contributed by atoms with E-state index in [0.29, 0.717) is 11.8 Å². The Bertz CT molecular complexity index is 265. The second-order valence-electron chi connectivity index (χ2n) is 2.90. The van der Waals surface area contributed by atoms with Gasteiger partial charge in [0.1, 0.15) is 0 Å². The molecule has 1 aromatic rings. The van der Waals surface area contributed by atoms with Gasteiger partial charge >= 0.3 is 0 Å². The quantitative estimate of drug-likeness (QED) is 0.588. The molecule has 0 aliphatic carbocycles. The van der Waals surface area contributed by atoms with E-state index in [9.17, 15) is 5.11 Å². The molecule has 60 valence electrons. The first-order chi connectivity index (χ1) is 5.29. The fraction of sp³-hybridized carbons (Fsp3) is 0.571. The summed E-state index contributed by atoms with van der Waals surface area (Å²) in [5, 5.41) is 16.6. The van der Waals surface area contributed by atoms with Crippen molar-refractivity contribution >= 4 is 0 Å². The average Bonchev–Trinajstić information content (AvgIpc) is 2.15. The molecule has 0 saturated carbocycles. The predicted molar refractivity (Wildman–Crippen MR) is 40.5 cm³/mol. The highest BCUT2D eigenvalue weighted by Gasteiger charge is 2.23. The monoisotopic (exact) mass is 153 g/mol. The molecule has 0 bridgehead atoms. The van der Waals surface area contributed by atoms with Gasteiger partial charge in [-0.25, -0.2) is 4.68 Å². The van der Waals surface area contributed by atoms with Crippen molar-refractivity contribution in [2.75, 3.05) is 13.1 Å². The van der Waals surface area contributed by atoms with Crippen molar-refractivity contribution in [1.29, 1.82) is 0 Å². The third kappa shape index (κ3) is 0.903. The number of aromatic nitrogens is 2. The van der Waals surface area contributed by atoms with E-state index in [2.05, 4.69) is 10.4 Å². The third-order valence-electron chi connectivity index (χ3n) is 2.16. The molecule has 1 aliphatic rings. The Balaban J connectivity index is 2.29. The molecule has 2 N–H and O–H groups in total. The third-order valence-corrected chi connectivity index (χ3v) is 2.16. The van der Waals surface area contributed by atoms with Gasteiger partial charge in [-0.1, -0.05) is 0 Å². The molecule has 1 aromatic heterocycles. The fourth-order valence-electron chi connectivity index (χ4n) is 1.24. The highest BCUT2D eigenvalue weighted by atomic mass is 16.3. The molecule has 2 heterocycles. The highest BCUT2D eigenvalue weighted by molar-refractivity contribution is 5.29. The minimum atomic E-state index is 0.302. The van der Waals surface area contributed by atoms with Gasteiger partial charge in [0.25, 0.3) is 0 Å². The Morgan fingerprint density at radius 3 is 2.82 bits per heavy atom. The highest BCUT2D eigenvalue weighted by Crippen LogP contribution is 2.26. The van der Waals surface area contributed by atoms with Crippen LogP contribution in [0.15, 0.2) is 6.20 Å². The number of hydrogen-bond donors (Lipinski definition) is 2. The number of hydrogen-bond acceptors (Lipinski definition) is 3. The Hall–Kier alpha value is -1.03. The summed E-state index contributed by atoms with van der Waals surface area (Å²) in [6.07, 6.45) is 1.74. The zero-order valence-corrected chi connectivity index (χ0v) is 6.41. The Morgan fingerprint density at radius 1 is 1.73 bits per heavy atom. The van der Waals surface area contributed by atoms with E-state index in [1.54, 1.807) is 13.2 Å². The number of nitrogens with one attached hydrogen (secondary N) is 1. The zero-order chi connectivity index (χ0) is 7.84. The predicted octanol–water partition coefficient (Wildman–Crippen LogP) is -0.188. The van der Waals surface area contributed by atoms with Crippen molar-refractivity contribution < 1.29 is 5.11 Å². The first kappa shape index (κ1) is 6.67. The van der Waals surface area contributed by atoms with Crippen LogP contribution in [0.3, 0.4) is 0 Å². The van der Waals surface area contributed by atoms with Crippen molar-refractivity contribution in [3.8, 4) is 5.88 Å². The summed E-state index contributed by atoms with van der Waals surface area (Å²) >= 11 is 0. The molecule has 0 aromatic carbocycles. The van der Waals surface area contributed by atoms with Gasteiger partial charge in [0.15, 0.2) is 0 Å². The van der Waals surface area contributed by atoms with Gasteiger partial charge in [-0.15, -0.1) is 0 Å². The first-order valence-corrected chi connectivity index (χ1v) is 3.70. The van der Waals surface area contributed by atoms with Gasteiger partial charge in [0.05, 0.1) is 6.20 Å². The second kappa shape index (κ2) is 2.23. The van der Waals surface area contributed by atoms with E-state index in [4.69, 9.17) is 0 Å². The molecular weight excluding hydrogens is 142 g/mol. The summed E-state index contributed by atoms with van der Waals surface area (Å²) in [6.45, 7) is 1.92. The van der Waals surface area contributed by atoms with E-state index in [1.165, 1.54) is 4.68 Å². The van der Waals surface area contributed by atoms with Crippen LogP contribution in [0.4, 0.5) is 0 Å².